The van der Waals surface area contributed by atoms with Gasteiger partial charge in [0.05, 0.1) is 50.2 Å². The quantitative estimate of drug-likeness (QED) is 0.177. The first-order chi connectivity index (χ1) is 32.8. The highest BCUT2D eigenvalue weighted by atomic mass is 15.1. The summed E-state index contributed by atoms with van der Waals surface area (Å²) in [4.78, 5) is 0. The van der Waals surface area contributed by atoms with Gasteiger partial charge in [0.2, 0.25) is 0 Å². The third-order valence-electron chi connectivity index (χ3n) is 14.3. The molecule has 0 saturated heterocycles. The van der Waals surface area contributed by atoms with Crippen molar-refractivity contribution in [2.45, 2.75) is 39.0 Å². The first-order valence-corrected chi connectivity index (χ1v) is 23.1. The Labute approximate surface area is 387 Å². The summed E-state index contributed by atoms with van der Waals surface area (Å²) in [7, 11) is 0. The molecule has 0 atom stereocenters. The molecule has 0 radical (unpaired) electrons. The van der Waals surface area contributed by atoms with Gasteiger partial charge in [-0.1, -0.05) is 154 Å². The summed E-state index contributed by atoms with van der Waals surface area (Å²) in [6.07, 6.45) is 6.47. The van der Waals surface area contributed by atoms with Gasteiger partial charge in [0, 0.05) is 37.9 Å². The molecule has 0 bridgehead atoms. The first-order valence-electron chi connectivity index (χ1n) is 23.1. The predicted molar refractivity (Wildman–Crippen MR) is 278 cm³/mol. The number of fused-ring (bicyclic) bond motifs is 11. The van der Waals surface area contributed by atoms with Crippen molar-refractivity contribution >= 4 is 82.3 Å². The molecule has 0 N–H and O–H groups in total. The molecular weight excluding hydrogens is 815 g/mol. The maximum Gasteiger partial charge on any atom is 0.104 e. The van der Waals surface area contributed by atoms with Crippen LogP contribution in [0.5, 0.6) is 0 Å². The van der Waals surface area contributed by atoms with Crippen LogP contribution in [0.1, 0.15) is 55.0 Å². The first kappa shape index (κ1) is 38.8. The van der Waals surface area contributed by atoms with Crippen molar-refractivity contribution in [3.63, 3.8) is 0 Å². The lowest BCUT2D eigenvalue weighted by Crippen LogP contribution is -2.14. The molecule has 1 aliphatic carbocycles. The fourth-order valence-corrected chi connectivity index (χ4v) is 11.2. The number of benzene rings is 9. The molecule has 0 unspecified atom stereocenters. The number of hydrogen-bond donors (Lipinski definition) is 0. The standard InChI is InChI=1S/C62H43N5/c1-62(2,3)43-30-28-38(29-31-43)58-60(66-54-26-14-10-22-46(54)48-32-39-16-4-6-18-41(39)34-56(48)66)50(36-63)59(65-52-24-12-8-20-44(52)45-21-9-13-25-53(45)65)51(37-64)61(58)67-55-27-15-11-23-47(55)49-33-40-17-5-7-19-42(40)35-57(49)67/h4,6-16,18-35H,5,17H2,1-3H3. The van der Waals surface area contributed by atoms with Crippen molar-refractivity contribution in [1.29, 1.82) is 10.5 Å². The summed E-state index contributed by atoms with van der Waals surface area (Å²) in [6.45, 7) is 6.70. The summed E-state index contributed by atoms with van der Waals surface area (Å²) in [5.41, 5.74) is 14.0. The maximum absolute atomic E-state index is 12.2. The molecule has 13 rings (SSSR count). The summed E-state index contributed by atoms with van der Waals surface area (Å²) >= 11 is 0. The minimum Gasteiger partial charge on any atom is -0.307 e. The molecule has 0 spiro atoms. The van der Waals surface area contributed by atoms with E-state index in [-0.39, 0.29) is 5.41 Å². The number of aromatic nitrogens is 3. The Kier molecular flexibility index (Phi) is 8.35. The highest BCUT2D eigenvalue weighted by molar-refractivity contribution is 6.16. The maximum atomic E-state index is 12.2. The van der Waals surface area contributed by atoms with Crippen LogP contribution in [0.15, 0.2) is 176 Å². The number of rotatable bonds is 4. The second-order valence-corrected chi connectivity index (χ2v) is 19.0. The number of allylic oxidation sites excluding steroid dienone is 1. The molecule has 316 valence electrons. The van der Waals surface area contributed by atoms with Gasteiger partial charge in [0.1, 0.15) is 23.3 Å². The molecule has 9 aromatic carbocycles. The number of hydrogen-bond acceptors (Lipinski definition) is 2. The summed E-state index contributed by atoms with van der Waals surface area (Å²) < 4.78 is 6.84. The third-order valence-corrected chi connectivity index (χ3v) is 14.3. The molecule has 0 saturated carbocycles. The van der Waals surface area contributed by atoms with E-state index in [4.69, 9.17) is 0 Å². The zero-order chi connectivity index (χ0) is 45.1. The highest BCUT2D eigenvalue weighted by Gasteiger charge is 2.33. The number of para-hydroxylation sites is 4. The van der Waals surface area contributed by atoms with Crippen LogP contribution < -0.4 is 0 Å². The minimum absolute atomic E-state index is 0.104. The smallest absolute Gasteiger partial charge is 0.104 e. The fourth-order valence-electron chi connectivity index (χ4n) is 11.2. The second kappa shape index (κ2) is 14.4. The number of aryl methyl sites for hydroxylation is 1. The van der Waals surface area contributed by atoms with E-state index < -0.39 is 0 Å². The van der Waals surface area contributed by atoms with E-state index in [1.807, 2.05) is 12.1 Å². The predicted octanol–water partition coefficient (Wildman–Crippen LogP) is 15.8. The van der Waals surface area contributed by atoms with Crippen LogP contribution in [0.2, 0.25) is 0 Å². The molecule has 3 heterocycles. The Bertz CT molecular complexity index is 4150. The van der Waals surface area contributed by atoms with Crippen LogP contribution in [-0.2, 0) is 11.8 Å². The van der Waals surface area contributed by atoms with Gasteiger partial charge >= 0.3 is 0 Å². The van der Waals surface area contributed by atoms with Crippen molar-refractivity contribution in [1.82, 2.24) is 13.7 Å². The number of nitrogens with zero attached hydrogens (tertiary/aromatic N) is 5. The monoisotopic (exact) mass is 857 g/mol. The lowest BCUT2D eigenvalue weighted by atomic mass is 9.85. The largest absolute Gasteiger partial charge is 0.307 e. The molecule has 0 fully saturated rings. The van der Waals surface area contributed by atoms with E-state index in [0.717, 1.165) is 112 Å². The van der Waals surface area contributed by atoms with Gasteiger partial charge in [-0.15, -0.1) is 0 Å². The van der Waals surface area contributed by atoms with Gasteiger partial charge in [-0.2, -0.15) is 10.5 Å². The van der Waals surface area contributed by atoms with Crippen LogP contribution in [0, 0.1) is 22.7 Å². The van der Waals surface area contributed by atoms with E-state index in [1.165, 1.54) is 16.7 Å². The Hall–Kier alpha value is -8.64. The van der Waals surface area contributed by atoms with Crippen LogP contribution in [0.25, 0.3) is 110 Å². The van der Waals surface area contributed by atoms with Crippen molar-refractivity contribution in [3.8, 4) is 40.3 Å². The SMILES string of the molecule is CC(C)(C)c1ccc(-c2c(-n3c4ccccc4c4cc5c(cc43)C=CCC5)c(C#N)c(-n3c4ccccc4c4ccccc43)c(C#N)c2-n2c3ccccc3c3cc4ccccc4cc32)cc1. The lowest BCUT2D eigenvalue weighted by Gasteiger charge is -2.27. The highest BCUT2D eigenvalue weighted by Crippen LogP contribution is 2.49. The van der Waals surface area contributed by atoms with Gasteiger partial charge in [-0.3, -0.25) is 0 Å². The summed E-state index contributed by atoms with van der Waals surface area (Å²) in [6, 6.07) is 66.1. The molecule has 0 amide bonds. The van der Waals surface area contributed by atoms with E-state index in [1.54, 1.807) is 0 Å². The van der Waals surface area contributed by atoms with E-state index in [9.17, 15) is 10.5 Å². The fraction of sp³-hybridized carbons (Fsp3) is 0.0968. The third kappa shape index (κ3) is 5.59. The van der Waals surface area contributed by atoms with Gasteiger partial charge < -0.3 is 13.7 Å². The second-order valence-electron chi connectivity index (χ2n) is 19.0. The Morgan fingerprint density at radius 1 is 0.448 bits per heavy atom. The van der Waals surface area contributed by atoms with E-state index >= 15 is 0 Å². The molecule has 0 aliphatic heterocycles. The normalized spacial score (nSPS) is 12.8. The summed E-state index contributed by atoms with van der Waals surface area (Å²) in [5, 5.41) is 33.2. The average Bonchev–Trinajstić information content (AvgIpc) is 3.98. The molecule has 5 heteroatoms. The Balaban J connectivity index is 1.34. The van der Waals surface area contributed by atoms with Crippen LogP contribution in [0.4, 0.5) is 0 Å². The summed E-state index contributed by atoms with van der Waals surface area (Å²) in [5.74, 6) is 0. The molecule has 12 aromatic rings. The van der Waals surface area contributed by atoms with Crippen LogP contribution in [0.3, 0.4) is 0 Å². The van der Waals surface area contributed by atoms with Crippen molar-refractivity contribution in [2.75, 3.05) is 0 Å². The molecule has 1 aliphatic rings. The topological polar surface area (TPSA) is 62.4 Å². The molecule has 5 nitrogen and oxygen atoms in total. The van der Waals surface area contributed by atoms with E-state index in [2.05, 4.69) is 216 Å². The molecular formula is C62H43N5. The van der Waals surface area contributed by atoms with Crippen molar-refractivity contribution < 1.29 is 0 Å². The average molecular weight is 858 g/mol. The Morgan fingerprint density at radius 3 is 1.42 bits per heavy atom. The molecule has 3 aromatic heterocycles. The van der Waals surface area contributed by atoms with Gasteiger partial charge in [-0.25, -0.2) is 0 Å². The van der Waals surface area contributed by atoms with Gasteiger partial charge in [0.15, 0.2) is 0 Å². The lowest BCUT2D eigenvalue weighted by molar-refractivity contribution is 0.590. The Morgan fingerprint density at radius 2 is 0.896 bits per heavy atom. The van der Waals surface area contributed by atoms with Crippen molar-refractivity contribution in [2.24, 2.45) is 0 Å². The molecule has 67 heavy (non-hydrogen) atoms. The van der Waals surface area contributed by atoms with Gasteiger partial charge in [-0.05, 0) is 99.8 Å². The van der Waals surface area contributed by atoms with Gasteiger partial charge in [0.25, 0.3) is 0 Å². The van der Waals surface area contributed by atoms with Crippen molar-refractivity contribution in [3.05, 3.63) is 204 Å². The van der Waals surface area contributed by atoms with Crippen LogP contribution in [-0.4, -0.2) is 13.7 Å². The zero-order valence-corrected chi connectivity index (χ0v) is 37.5. The minimum atomic E-state index is -0.104. The number of nitriles is 2. The van der Waals surface area contributed by atoms with E-state index in [0.29, 0.717) is 16.8 Å². The van der Waals surface area contributed by atoms with Crippen LogP contribution >= 0.6 is 0 Å². The zero-order valence-electron chi connectivity index (χ0n) is 37.5.